The molecule has 30 heavy (non-hydrogen) atoms. The van der Waals surface area contributed by atoms with Crippen LogP contribution in [0.1, 0.15) is 37.5 Å². The third-order valence-electron chi connectivity index (χ3n) is 5.28. The van der Waals surface area contributed by atoms with Gasteiger partial charge in [-0.1, -0.05) is 48.0 Å². The lowest BCUT2D eigenvalue weighted by Crippen LogP contribution is -2.30. The van der Waals surface area contributed by atoms with Crippen LogP contribution < -0.4 is 0 Å². The molecule has 1 aliphatic rings. The fraction of sp³-hybridized carbons (Fsp3) is 0.125. The maximum absolute atomic E-state index is 12.6. The Bertz CT molecular complexity index is 1270. The van der Waals surface area contributed by atoms with Crippen LogP contribution in [-0.4, -0.2) is 26.3 Å². The van der Waals surface area contributed by atoms with Gasteiger partial charge in [-0.15, -0.1) is 5.06 Å². The number of aromatic nitrogens is 2. The fourth-order valence-corrected chi connectivity index (χ4v) is 3.69. The van der Waals surface area contributed by atoms with E-state index in [0.717, 1.165) is 38.8 Å². The number of hydrogen-bond acceptors (Lipinski definition) is 4. The number of fused-ring (bicyclic) bond motifs is 2. The Labute approximate surface area is 173 Å². The van der Waals surface area contributed by atoms with E-state index in [1.807, 2.05) is 60.8 Å². The molecule has 2 aromatic heterocycles. The van der Waals surface area contributed by atoms with Crippen LogP contribution in [0.15, 0.2) is 66.9 Å². The van der Waals surface area contributed by atoms with Gasteiger partial charge in [0.25, 0.3) is 11.8 Å². The van der Waals surface area contributed by atoms with E-state index in [1.54, 1.807) is 24.3 Å². The van der Waals surface area contributed by atoms with Crippen molar-refractivity contribution in [2.45, 2.75) is 20.5 Å². The highest BCUT2D eigenvalue weighted by Gasteiger charge is 2.36. The summed E-state index contributed by atoms with van der Waals surface area (Å²) in [5.41, 5.74) is 6.19. The van der Waals surface area contributed by atoms with Crippen molar-refractivity contribution in [2.24, 2.45) is 0 Å². The fourth-order valence-electron chi connectivity index (χ4n) is 3.69. The Balaban J connectivity index is 1.53. The lowest BCUT2D eigenvalue weighted by atomic mass is 10.1. The first kappa shape index (κ1) is 18.3. The van der Waals surface area contributed by atoms with Crippen LogP contribution in [0.4, 0.5) is 0 Å². The number of nitrogens with zero attached hydrogens (tertiary/aromatic N) is 3. The maximum Gasteiger partial charge on any atom is 0.285 e. The van der Waals surface area contributed by atoms with Gasteiger partial charge < -0.3 is 4.40 Å². The molecular formula is C24H19N3O3. The van der Waals surface area contributed by atoms with Crippen molar-refractivity contribution in [3.8, 4) is 11.3 Å². The van der Waals surface area contributed by atoms with E-state index in [2.05, 4.69) is 0 Å². The average molecular weight is 397 g/mol. The highest BCUT2D eigenvalue weighted by Crippen LogP contribution is 2.28. The maximum atomic E-state index is 12.6. The molecule has 0 atom stereocenters. The standard InChI is InChI=1S/C24H19N3O3/c1-15-7-10-17(11-8-15)22-20(26-13-16(2)9-12-21(26)25-22)14-30-27-23(28)18-5-3-4-6-19(18)24(27)29/h3-13H,14H2,1-2H3. The number of hydrogen-bond donors (Lipinski definition) is 0. The van der Waals surface area contributed by atoms with Gasteiger partial charge in [0.15, 0.2) is 0 Å². The molecule has 6 heteroatoms. The van der Waals surface area contributed by atoms with Gasteiger partial charge in [-0.2, -0.15) is 0 Å². The molecule has 5 rings (SSSR count). The molecule has 0 spiro atoms. The number of imide groups is 1. The SMILES string of the molecule is Cc1ccc(-c2nc3ccc(C)cn3c2CON2C(=O)c3ccccc3C2=O)cc1. The number of carbonyl (C=O) groups excluding carboxylic acids is 2. The molecule has 1 aliphatic heterocycles. The number of hydroxylamine groups is 2. The van der Waals surface area contributed by atoms with Crippen molar-refractivity contribution in [1.82, 2.24) is 14.4 Å². The van der Waals surface area contributed by atoms with Crippen molar-refractivity contribution in [3.05, 3.63) is 94.8 Å². The van der Waals surface area contributed by atoms with E-state index in [0.29, 0.717) is 11.1 Å². The minimum Gasteiger partial charge on any atom is -0.301 e. The van der Waals surface area contributed by atoms with Crippen LogP contribution in [0.25, 0.3) is 16.9 Å². The summed E-state index contributed by atoms with van der Waals surface area (Å²) in [5, 5.41) is 0.846. The molecule has 0 saturated carbocycles. The normalized spacial score (nSPS) is 13.3. The highest BCUT2D eigenvalue weighted by molar-refractivity contribution is 6.20. The average Bonchev–Trinajstić information content (AvgIpc) is 3.22. The molecule has 3 heterocycles. The largest absolute Gasteiger partial charge is 0.301 e. The predicted molar refractivity (Wildman–Crippen MR) is 112 cm³/mol. The summed E-state index contributed by atoms with van der Waals surface area (Å²) in [7, 11) is 0. The summed E-state index contributed by atoms with van der Waals surface area (Å²) in [4.78, 5) is 35.8. The zero-order chi connectivity index (χ0) is 20.8. The zero-order valence-corrected chi connectivity index (χ0v) is 16.6. The zero-order valence-electron chi connectivity index (χ0n) is 16.6. The van der Waals surface area contributed by atoms with Crippen molar-refractivity contribution in [2.75, 3.05) is 0 Å². The van der Waals surface area contributed by atoms with Crippen molar-refractivity contribution in [1.29, 1.82) is 0 Å². The molecule has 0 radical (unpaired) electrons. The molecule has 6 nitrogen and oxygen atoms in total. The molecule has 4 aromatic rings. The lowest BCUT2D eigenvalue weighted by Gasteiger charge is -2.14. The summed E-state index contributed by atoms with van der Waals surface area (Å²) in [5.74, 6) is -0.894. The molecule has 2 aromatic carbocycles. The van der Waals surface area contributed by atoms with E-state index in [1.165, 1.54) is 0 Å². The number of carbonyl (C=O) groups is 2. The first-order chi connectivity index (χ1) is 14.5. The van der Waals surface area contributed by atoms with Gasteiger partial charge in [0, 0.05) is 11.8 Å². The number of amides is 2. The summed E-state index contributed by atoms with van der Waals surface area (Å²) in [6.45, 7) is 4.06. The molecule has 2 amide bonds. The van der Waals surface area contributed by atoms with Gasteiger partial charge in [0.05, 0.1) is 22.5 Å². The number of pyridine rings is 1. The smallest absolute Gasteiger partial charge is 0.285 e. The van der Waals surface area contributed by atoms with Crippen molar-refractivity contribution in [3.63, 3.8) is 0 Å². The van der Waals surface area contributed by atoms with Gasteiger partial charge in [0.1, 0.15) is 12.3 Å². The molecular weight excluding hydrogens is 378 g/mol. The Morgan fingerprint density at radius 2 is 1.47 bits per heavy atom. The van der Waals surface area contributed by atoms with Crippen LogP contribution in [-0.2, 0) is 11.4 Å². The summed E-state index contributed by atoms with van der Waals surface area (Å²) >= 11 is 0. The first-order valence-corrected chi connectivity index (χ1v) is 9.68. The van der Waals surface area contributed by atoms with E-state index in [-0.39, 0.29) is 6.61 Å². The molecule has 0 saturated heterocycles. The monoisotopic (exact) mass is 397 g/mol. The van der Waals surface area contributed by atoms with Gasteiger partial charge in [-0.25, -0.2) is 4.98 Å². The quantitative estimate of drug-likeness (QED) is 0.481. The highest BCUT2D eigenvalue weighted by atomic mass is 16.7. The summed E-state index contributed by atoms with van der Waals surface area (Å²) < 4.78 is 1.95. The second-order valence-corrected chi connectivity index (χ2v) is 7.43. The van der Waals surface area contributed by atoms with Gasteiger partial charge in [-0.3, -0.25) is 14.4 Å². The molecule has 0 fully saturated rings. The Morgan fingerprint density at radius 1 is 0.833 bits per heavy atom. The van der Waals surface area contributed by atoms with E-state index >= 15 is 0 Å². The Kier molecular flexibility index (Phi) is 4.22. The Hall–Kier alpha value is -3.77. The number of aryl methyl sites for hydroxylation is 2. The van der Waals surface area contributed by atoms with E-state index in [9.17, 15) is 9.59 Å². The number of benzene rings is 2. The molecule has 0 bridgehead atoms. The van der Waals surface area contributed by atoms with E-state index < -0.39 is 11.8 Å². The lowest BCUT2D eigenvalue weighted by molar-refractivity contribution is -0.102. The Morgan fingerprint density at radius 3 is 2.13 bits per heavy atom. The third kappa shape index (κ3) is 2.89. The molecule has 0 unspecified atom stereocenters. The van der Waals surface area contributed by atoms with E-state index in [4.69, 9.17) is 9.82 Å². The topological polar surface area (TPSA) is 63.9 Å². The van der Waals surface area contributed by atoms with Crippen molar-refractivity contribution >= 4 is 17.5 Å². The van der Waals surface area contributed by atoms with Crippen LogP contribution in [0.5, 0.6) is 0 Å². The van der Waals surface area contributed by atoms with Gasteiger partial charge in [-0.05, 0) is 37.6 Å². The van der Waals surface area contributed by atoms with Crippen LogP contribution in [0, 0.1) is 13.8 Å². The minimum atomic E-state index is -0.447. The first-order valence-electron chi connectivity index (χ1n) is 9.68. The van der Waals surface area contributed by atoms with Crippen LogP contribution in [0.3, 0.4) is 0 Å². The number of rotatable bonds is 4. The third-order valence-corrected chi connectivity index (χ3v) is 5.28. The van der Waals surface area contributed by atoms with Gasteiger partial charge >= 0.3 is 0 Å². The number of imidazole rings is 1. The van der Waals surface area contributed by atoms with Crippen LogP contribution in [0.2, 0.25) is 0 Å². The predicted octanol–water partition coefficient (Wildman–Crippen LogP) is 4.35. The van der Waals surface area contributed by atoms with Crippen LogP contribution >= 0.6 is 0 Å². The minimum absolute atomic E-state index is 0.0271. The molecule has 0 aliphatic carbocycles. The molecule has 148 valence electrons. The second kappa shape index (κ2) is 6.93. The van der Waals surface area contributed by atoms with Crippen molar-refractivity contribution < 1.29 is 14.4 Å². The summed E-state index contributed by atoms with van der Waals surface area (Å²) in [6, 6.07) is 18.7. The second-order valence-electron chi connectivity index (χ2n) is 7.43. The van der Waals surface area contributed by atoms with Gasteiger partial charge in [0.2, 0.25) is 0 Å². The molecule has 0 N–H and O–H groups in total. The summed E-state index contributed by atoms with van der Waals surface area (Å²) in [6.07, 6.45) is 1.97.